The minimum Gasteiger partial charge on any atom is -0.464 e. The first-order valence-electron chi connectivity index (χ1n) is 9.91. The lowest BCUT2D eigenvalue weighted by Gasteiger charge is -2.17. The molecule has 1 atom stereocenters. The minimum absolute atomic E-state index is 0.0411. The molecular formula is C21H17ClN4O5S2. The van der Waals surface area contributed by atoms with E-state index in [0.29, 0.717) is 28.2 Å². The standard InChI is InChI=1S/C21H17ClN4O5S2/c22-14-2-1-13-8-19(32-18(13)9-14)33(30,31)24-16-4-6-25(20(16)27)11-15-7-12-3-5-23-10-17(12)26(15)21(28)29/h1-3,5,7-10,16,24H,4,6,11H2,(H,28,29). The molecule has 1 amide bonds. The molecule has 33 heavy (non-hydrogen) atoms. The lowest BCUT2D eigenvalue weighted by atomic mass is 10.3. The zero-order valence-electron chi connectivity index (χ0n) is 16.9. The summed E-state index contributed by atoms with van der Waals surface area (Å²) in [5.74, 6) is -0.400. The molecular weight excluding hydrogens is 488 g/mol. The van der Waals surface area contributed by atoms with E-state index in [1.54, 1.807) is 42.6 Å². The molecule has 5 rings (SSSR count). The summed E-state index contributed by atoms with van der Waals surface area (Å²) in [4.78, 5) is 30.2. The molecule has 0 saturated carbocycles. The fourth-order valence-electron chi connectivity index (χ4n) is 4.01. The quantitative estimate of drug-likeness (QED) is 0.429. The number of sulfonamides is 1. The van der Waals surface area contributed by atoms with E-state index >= 15 is 0 Å². The average molecular weight is 505 g/mol. The number of benzene rings is 1. The van der Waals surface area contributed by atoms with Gasteiger partial charge in [-0.2, -0.15) is 4.72 Å². The molecule has 9 nitrogen and oxygen atoms in total. The number of aromatic nitrogens is 2. The smallest absolute Gasteiger partial charge is 0.416 e. The zero-order valence-corrected chi connectivity index (χ0v) is 19.3. The Morgan fingerprint density at radius 1 is 1.24 bits per heavy atom. The number of likely N-dealkylation sites (tertiary alicyclic amines) is 1. The fourth-order valence-corrected chi connectivity index (χ4v) is 6.92. The summed E-state index contributed by atoms with van der Waals surface area (Å²) >= 11 is 7.07. The lowest BCUT2D eigenvalue weighted by molar-refractivity contribution is -0.129. The van der Waals surface area contributed by atoms with Crippen molar-refractivity contribution in [3.63, 3.8) is 0 Å². The summed E-state index contributed by atoms with van der Waals surface area (Å²) in [6.07, 6.45) is 2.12. The number of carboxylic acid groups (broad SMARTS) is 1. The Morgan fingerprint density at radius 3 is 2.85 bits per heavy atom. The topological polar surface area (TPSA) is 122 Å². The van der Waals surface area contributed by atoms with Crippen LogP contribution >= 0.6 is 22.9 Å². The normalized spacial score (nSPS) is 16.8. The molecule has 4 aromatic rings. The van der Waals surface area contributed by atoms with Gasteiger partial charge in [-0.05, 0) is 42.1 Å². The molecule has 0 radical (unpaired) electrons. The highest BCUT2D eigenvalue weighted by Gasteiger charge is 2.36. The number of carbonyl (C=O) groups excluding carboxylic acids is 1. The molecule has 2 N–H and O–H groups in total. The van der Waals surface area contributed by atoms with E-state index in [-0.39, 0.29) is 17.2 Å². The molecule has 1 aromatic carbocycles. The molecule has 4 heterocycles. The predicted molar refractivity (Wildman–Crippen MR) is 124 cm³/mol. The highest BCUT2D eigenvalue weighted by Crippen LogP contribution is 2.31. The van der Waals surface area contributed by atoms with Crippen LogP contribution in [0.25, 0.3) is 21.0 Å². The van der Waals surface area contributed by atoms with E-state index in [1.165, 1.54) is 11.1 Å². The summed E-state index contributed by atoms with van der Waals surface area (Å²) in [6, 6.07) is 9.14. The van der Waals surface area contributed by atoms with Crippen LogP contribution in [0, 0.1) is 0 Å². The van der Waals surface area contributed by atoms with E-state index in [2.05, 4.69) is 9.71 Å². The first-order valence-corrected chi connectivity index (χ1v) is 12.6. The molecule has 1 unspecified atom stereocenters. The predicted octanol–water partition coefficient (Wildman–Crippen LogP) is 3.51. The van der Waals surface area contributed by atoms with Gasteiger partial charge in [0, 0.05) is 33.5 Å². The van der Waals surface area contributed by atoms with Crippen molar-refractivity contribution in [1.29, 1.82) is 0 Å². The second-order valence-corrected chi connectivity index (χ2v) is 11.1. The number of halogens is 1. The fraction of sp³-hybridized carbons (Fsp3) is 0.190. The van der Waals surface area contributed by atoms with Crippen LogP contribution in [0.1, 0.15) is 12.1 Å². The SMILES string of the molecule is O=C1C(NS(=O)(=O)c2cc3ccc(Cl)cc3s2)CCN1Cc1cc2ccncc2n1C(=O)O. The number of hydrogen-bond donors (Lipinski definition) is 2. The largest absolute Gasteiger partial charge is 0.464 e. The Morgan fingerprint density at radius 2 is 2.06 bits per heavy atom. The van der Waals surface area contributed by atoms with Crippen LogP contribution < -0.4 is 4.72 Å². The Hall–Kier alpha value is -2.99. The number of nitrogens with zero attached hydrogens (tertiary/aromatic N) is 3. The molecule has 1 saturated heterocycles. The van der Waals surface area contributed by atoms with E-state index in [4.69, 9.17) is 11.6 Å². The van der Waals surface area contributed by atoms with Crippen LogP contribution in [0.15, 0.2) is 53.0 Å². The summed E-state index contributed by atoms with van der Waals surface area (Å²) in [6.45, 7) is 0.340. The summed E-state index contributed by atoms with van der Waals surface area (Å²) in [7, 11) is -3.92. The van der Waals surface area contributed by atoms with Gasteiger partial charge in [0.1, 0.15) is 10.3 Å². The molecule has 12 heteroatoms. The number of pyridine rings is 1. The summed E-state index contributed by atoms with van der Waals surface area (Å²) < 4.78 is 30.3. The first kappa shape index (κ1) is 21.8. The van der Waals surface area contributed by atoms with Gasteiger partial charge in [0.15, 0.2) is 0 Å². The third kappa shape index (κ3) is 3.97. The number of amides is 1. The van der Waals surface area contributed by atoms with E-state index in [1.807, 2.05) is 0 Å². The Labute approximate surface area is 197 Å². The van der Waals surface area contributed by atoms with Gasteiger partial charge < -0.3 is 10.0 Å². The Balaban J connectivity index is 1.36. The maximum absolute atomic E-state index is 12.9. The van der Waals surface area contributed by atoms with Crippen LogP contribution in [-0.4, -0.2) is 52.6 Å². The van der Waals surface area contributed by atoms with Gasteiger partial charge >= 0.3 is 6.09 Å². The van der Waals surface area contributed by atoms with Gasteiger partial charge in [-0.25, -0.2) is 17.8 Å². The third-order valence-electron chi connectivity index (χ3n) is 5.55. The molecule has 170 valence electrons. The number of hydrogen-bond acceptors (Lipinski definition) is 6. The monoisotopic (exact) mass is 504 g/mol. The van der Waals surface area contributed by atoms with Crippen LogP contribution in [0.5, 0.6) is 0 Å². The number of rotatable bonds is 5. The van der Waals surface area contributed by atoms with Crippen molar-refractivity contribution in [2.24, 2.45) is 0 Å². The van der Waals surface area contributed by atoms with Gasteiger partial charge in [-0.3, -0.25) is 9.78 Å². The molecule has 0 spiro atoms. The lowest BCUT2D eigenvalue weighted by Crippen LogP contribution is -2.41. The number of thiophene rings is 1. The van der Waals surface area contributed by atoms with Crippen molar-refractivity contribution in [3.05, 3.63) is 59.5 Å². The molecule has 1 aliphatic rings. The summed E-state index contributed by atoms with van der Waals surface area (Å²) in [5, 5.41) is 11.6. The van der Waals surface area contributed by atoms with Gasteiger partial charge in [-0.15, -0.1) is 11.3 Å². The summed E-state index contributed by atoms with van der Waals surface area (Å²) in [5.41, 5.74) is 0.831. The van der Waals surface area contributed by atoms with Crippen LogP contribution in [0.2, 0.25) is 5.02 Å². The molecule has 3 aromatic heterocycles. The average Bonchev–Trinajstić information content (AvgIpc) is 3.44. The van der Waals surface area contributed by atoms with Gasteiger partial charge in [0.25, 0.3) is 10.0 Å². The number of carbonyl (C=O) groups is 2. The van der Waals surface area contributed by atoms with Crippen molar-refractivity contribution < 1.29 is 23.1 Å². The van der Waals surface area contributed by atoms with Crippen LogP contribution in [0.4, 0.5) is 4.79 Å². The van der Waals surface area contributed by atoms with Crippen molar-refractivity contribution in [3.8, 4) is 0 Å². The molecule has 1 aliphatic heterocycles. The second kappa shape index (κ2) is 8.10. The van der Waals surface area contributed by atoms with Crippen LogP contribution in [-0.2, 0) is 21.4 Å². The van der Waals surface area contributed by atoms with Crippen molar-refractivity contribution in [2.75, 3.05) is 6.54 Å². The van der Waals surface area contributed by atoms with Crippen molar-refractivity contribution in [2.45, 2.75) is 23.2 Å². The number of nitrogens with one attached hydrogen (secondary N) is 1. The van der Waals surface area contributed by atoms with E-state index in [0.717, 1.165) is 26.0 Å². The highest BCUT2D eigenvalue weighted by molar-refractivity contribution is 7.91. The minimum atomic E-state index is -3.92. The number of fused-ring (bicyclic) bond motifs is 2. The Kier molecular flexibility index (Phi) is 5.36. The highest BCUT2D eigenvalue weighted by atomic mass is 35.5. The Bertz CT molecular complexity index is 1530. The van der Waals surface area contributed by atoms with Gasteiger partial charge in [-0.1, -0.05) is 17.7 Å². The van der Waals surface area contributed by atoms with Gasteiger partial charge in [0.05, 0.1) is 18.3 Å². The first-order chi connectivity index (χ1) is 15.7. The zero-order chi connectivity index (χ0) is 23.3. The molecule has 1 fully saturated rings. The van der Waals surface area contributed by atoms with Crippen molar-refractivity contribution in [1.82, 2.24) is 19.2 Å². The van der Waals surface area contributed by atoms with E-state index in [9.17, 15) is 23.1 Å². The third-order valence-corrected chi connectivity index (χ3v) is 8.82. The molecule has 0 aliphatic carbocycles. The van der Waals surface area contributed by atoms with Crippen LogP contribution in [0.3, 0.4) is 0 Å². The maximum atomic E-state index is 12.9. The molecule has 0 bridgehead atoms. The maximum Gasteiger partial charge on any atom is 0.416 e. The van der Waals surface area contributed by atoms with E-state index < -0.39 is 28.1 Å². The van der Waals surface area contributed by atoms with Crippen molar-refractivity contribution >= 4 is 66.0 Å². The van der Waals surface area contributed by atoms with Gasteiger partial charge in [0.2, 0.25) is 5.91 Å². The second-order valence-electron chi connectivity index (χ2n) is 7.66.